The van der Waals surface area contributed by atoms with Gasteiger partial charge < -0.3 is 14.2 Å². The van der Waals surface area contributed by atoms with Crippen molar-refractivity contribution in [2.45, 2.75) is 30.3 Å². The molecule has 9 heteroatoms. The number of ether oxygens (including phenoxy) is 3. The second-order valence-corrected chi connectivity index (χ2v) is 8.84. The number of sulfonamides is 1. The third kappa shape index (κ3) is 5.05. The summed E-state index contributed by atoms with van der Waals surface area (Å²) in [4.78, 5) is 11.3. The van der Waals surface area contributed by atoms with E-state index in [1.54, 1.807) is 24.3 Å². The minimum Gasteiger partial charge on any atom is -0.493 e. The summed E-state index contributed by atoms with van der Waals surface area (Å²) in [6, 6.07) is 8.80. The molecular formula is C22H24FNO6S. The summed E-state index contributed by atoms with van der Waals surface area (Å²) in [5.41, 5.74) is 0.689. The van der Waals surface area contributed by atoms with E-state index >= 15 is 0 Å². The Morgan fingerprint density at radius 3 is 2.45 bits per heavy atom. The molecule has 0 unspecified atom stereocenters. The van der Waals surface area contributed by atoms with Gasteiger partial charge in [-0.05, 0) is 42.7 Å². The number of esters is 1. The molecule has 0 amide bonds. The van der Waals surface area contributed by atoms with Crippen molar-refractivity contribution in [3.05, 3.63) is 59.4 Å². The maximum atomic E-state index is 14.2. The van der Waals surface area contributed by atoms with Crippen molar-refractivity contribution in [1.82, 2.24) is 4.31 Å². The zero-order valence-corrected chi connectivity index (χ0v) is 18.3. The lowest BCUT2D eigenvalue weighted by molar-refractivity contribution is -0.134. The standard InChI is InChI=1S/C22H24FNO6S/c1-28-19-12-15(8-11-21(25)29-2)13-20(22(19)30-3)31(26,27)24(17-9-10-17)14-16-6-4-5-7-18(16)23/h4-8,11-13,17H,9-10,14H2,1-3H3/b11-8+. The highest BCUT2D eigenvalue weighted by atomic mass is 32.2. The van der Waals surface area contributed by atoms with Gasteiger partial charge in [0.15, 0.2) is 11.5 Å². The molecule has 0 atom stereocenters. The molecule has 0 saturated heterocycles. The predicted octanol–water partition coefficient (Wildman–Crippen LogP) is 3.38. The highest BCUT2D eigenvalue weighted by Gasteiger charge is 2.40. The van der Waals surface area contributed by atoms with E-state index in [2.05, 4.69) is 4.74 Å². The Balaban J connectivity index is 2.09. The van der Waals surface area contributed by atoms with Gasteiger partial charge in [0.1, 0.15) is 10.7 Å². The second kappa shape index (κ2) is 9.49. The lowest BCUT2D eigenvalue weighted by Gasteiger charge is -2.24. The van der Waals surface area contributed by atoms with Crippen LogP contribution in [0.4, 0.5) is 4.39 Å². The third-order valence-corrected chi connectivity index (χ3v) is 6.81. The van der Waals surface area contributed by atoms with Gasteiger partial charge in [0.2, 0.25) is 10.0 Å². The van der Waals surface area contributed by atoms with Crippen LogP contribution >= 0.6 is 0 Å². The molecule has 1 aliphatic carbocycles. The molecule has 0 aliphatic heterocycles. The largest absolute Gasteiger partial charge is 0.493 e. The van der Waals surface area contributed by atoms with E-state index in [9.17, 15) is 17.6 Å². The van der Waals surface area contributed by atoms with E-state index in [-0.39, 0.29) is 34.5 Å². The lowest BCUT2D eigenvalue weighted by atomic mass is 10.2. The topological polar surface area (TPSA) is 82.1 Å². The van der Waals surface area contributed by atoms with E-state index in [0.717, 1.165) is 0 Å². The highest BCUT2D eigenvalue weighted by molar-refractivity contribution is 7.89. The van der Waals surface area contributed by atoms with Gasteiger partial charge in [-0.2, -0.15) is 4.31 Å². The number of hydrogen-bond donors (Lipinski definition) is 0. The smallest absolute Gasteiger partial charge is 0.330 e. The number of halogens is 1. The molecule has 1 aliphatic rings. The molecule has 0 spiro atoms. The quantitative estimate of drug-likeness (QED) is 0.431. The van der Waals surface area contributed by atoms with Crippen LogP contribution in [0.3, 0.4) is 0 Å². The van der Waals surface area contributed by atoms with Crippen LogP contribution in [0.5, 0.6) is 11.5 Å². The van der Waals surface area contributed by atoms with Crippen LogP contribution in [0.2, 0.25) is 0 Å². The first-order valence-electron chi connectivity index (χ1n) is 9.59. The van der Waals surface area contributed by atoms with Gasteiger partial charge in [-0.1, -0.05) is 18.2 Å². The Labute approximate surface area is 181 Å². The Morgan fingerprint density at radius 2 is 1.87 bits per heavy atom. The molecule has 31 heavy (non-hydrogen) atoms. The molecule has 1 fully saturated rings. The van der Waals surface area contributed by atoms with Crippen molar-refractivity contribution in [3.8, 4) is 11.5 Å². The molecule has 2 aromatic carbocycles. The van der Waals surface area contributed by atoms with E-state index in [4.69, 9.17) is 9.47 Å². The van der Waals surface area contributed by atoms with Gasteiger partial charge in [-0.15, -0.1) is 0 Å². The molecule has 0 heterocycles. The van der Waals surface area contributed by atoms with Gasteiger partial charge in [-0.3, -0.25) is 0 Å². The minimum atomic E-state index is -4.08. The summed E-state index contributed by atoms with van der Waals surface area (Å²) in [5.74, 6) is -0.826. The summed E-state index contributed by atoms with van der Waals surface area (Å²) in [6.07, 6.45) is 3.98. The number of rotatable bonds is 9. The summed E-state index contributed by atoms with van der Waals surface area (Å²) >= 11 is 0. The molecule has 0 bridgehead atoms. The molecule has 0 radical (unpaired) electrons. The number of methoxy groups -OCH3 is 3. The first kappa shape index (κ1) is 22.8. The van der Waals surface area contributed by atoms with Crippen LogP contribution in [-0.4, -0.2) is 46.1 Å². The first-order chi connectivity index (χ1) is 14.8. The van der Waals surface area contributed by atoms with Gasteiger partial charge >= 0.3 is 5.97 Å². The van der Waals surface area contributed by atoms with Crippen molar-refractivity contribution < 1.29 is 31.8 Å². The fourth-order valence-electron chi connectivity index (χ4n) is 3.16. The van der Waals surface area contributed by atoms with E-state index in [0.29, 0.717) is 18.4 Å². The van der Waals surface area contributed by atoms with Crippen molar-refractivity contribution in [3.63, 3.8) is 0 Å². The molecule has 0 aromatic heterocycles. The van der Waals surface area contributed by atoms with E-state index < -0.39 is 21.8 Å². The van der Waals surface area contributed by atoms with E-state index in [1.807, 2.05) is 0 Å². The summed E-state index contributed by atoms with van der Waals surface area (Å²) < 4.78 is 58.1. The fraction of sp³-hybridized carbons (Fsp3) is 0.318. The average Bonchev–Trinajstić information content (AvgIpc) is 3.60. The highest BCUT2D eigenvalue weighted by Crippen LogP contribution is 2.41. The summed E-state index contributed by atoms with van der Waals surface area (Å²) in [5, 5.41) is 0. The summed E-state index contributed by atoms with van der Waals surface area (Å²) in [7, 11) is -0.104. The normalized spacial score (nSPS) is 14.1. The lowest BCUT2D eigenvalue weighted by Crippen LogP contribution is -2.33. The predicted molar refractivity (Wildman–Crippen MR) is 113 cm³/mol. The van der Waals surface area contributed by atoms with Crippen LogP contribution in [-0.2, 0) is 26.1 Å². The zero-order valence-electron chi connectivity index (χ0n) is 17.5. The third-order valence-electron chi connectivity index (χ3n) is 4.90. The molecule has 7 nitrogen and oxygen atoms in total. The van der Waals surface area contributed by atoms with Gasteiger partial charge in [0.05, 0.1) is 21.3 Å². The number of nitrogens with zero attached hydrogens (tertiary/aromatic N) is 1. The Kier molecular flexibility index (Phi) is 6.97. The van der Waals surface area contributed by atoms with Crippen LogP contribution in [0.15, 0.2) is 47.4 Å². The number of carbonyl (C=O) groups is 1. The zero-order chi connectivity index (χ0) is 22.6. The van der Waals surface area contributed by atoms with Gasteiger partial charge in [0, 0.05) is 24.2 Å². The van der Waals surface area contributed by atoms with Crippen molar-refractivity contribution >= 4 is 22.1 Å². The maximum absolute atomic E-state index is 14.2. The van der Waals surface area contributed by atoms with Crippen LogP contribution in [0, 0.1) is 5.82 Å². The molecule has 0 N–H and O–H groups in total. The van der Waals surface area contributed by atoms with Crippen molar-refractivity contribution in [1.29, 1.82) is 0 Å². The molecule has 3 rings (SSSR count). The molecule has 2 aromatic rings. The molecule has 1 saturated carbocycles. The molecular weight excluding hydrogens is 425 g/mol. The SMILES string of the molecule is COC(=O)/C=C/c1cc(OC)c(OC)c(S(=O)(=O)N(Cc2ccccc2F)C2CC2)c1. The van der Waals surface area contributed by atoms with Crippen LogP contribution in [0.25, 0.3) is 6.08 Å². The van der Waals surface area contributed by atoms with Crippen LogP contribution < -0.4 is 9.47 Å². The minimum absolute atomic E-state index is 0.0388. The Hall–Kier alpha value is -2.91. The van der Waals surface area contributed by atoms with Gasteiger partial charge in [-0.25, -0.2) is 17.6 Å². The van der Waals surface area contributed by atoms with Crippen LogP contribution in [0.1, 0.15) is 24.0 Å². The van der Waals surface area contributed by atoms with E-state index in [1.165, 1.54) is 49.9 Å². The van der Waals surface area contributed by atoms with Crippen molar-refractivity contribution in [2.75, 3.05) is 21.3 Å². The Bertz CT molecular complexity index is 1100. The van der Waals surface area contributed by atoms with Gasteiger partial charge in [0.25, 0.3) is 0 Å². The summed E-state index contributed by atoms with van der Waals surface area (Å²) in [6.45, 7) is -0.104. The first-order valence-corrected chi connectivity index (χ1v) is 11.0. The molecule has 166 valence electrons. The monoisotopic (exact) mass is 449 g/mol. The number of benzene rings is 2. The fourth-order valence-corrected chi connectivity index (χ4v) is 5.03. The number of hydrogen-bond acceptors (Lipinski definition) is 6. The van der Waals surface area contributed by atoms with Crippen molar-refractivity contribution in [2.24, 2.45) is 0 Å². The number of carbonyl (C=O) groups excluding carboxylic acids is 1. The second-order valence-electron chi connectivity index (χ2n) is 6.98. The average molecular weight is 450 g/mol. The maximum Gasteiger partial charge on any atom is 0.330 e. The Morgan fingerprint density at radius 1 is 1.16 bits per heavy atom.